The molecule has 0 fully saturated rings. The van der Waals surface area contributed by atoms with Gasteiger partial charge in [0.25, 0.3) is 0 Å². The van der Waals surface area contributed by atoms with Crippen molar-refractivity contribution in [2.75, 3.05) is 7.05 Å². The van der Waals surface area contributed by atoms with Crippen molar-refractivity contribution in [3.05, 3.63) is 12.2 Å². The van der Waals surface area contributed by atoms with Crippen LogP contribution in [0, 0.1) is 17.2 Å². The second kappa shape index (κ2) is 6.13. The van der Waals surface area contributed by atoms with Gasteiger partial charge in [-0.3, -0.25) is 9.79 Å². The van der Waals surface area contributed by atoms with Crippen LogP contribution in [0.25, 0.3) is 0 Å². The van der Waals surface area contributed by atoms with Crippen molar-refractivity contribution in [1.29, 1.82) is 5.26 Å². The zero-order chi connectivity index (χ0) is 10.3. The molecule has 0 rings (SSSR count). The van der Waals surface area contributed by atoms with Crippen molar-refractivity contribution in [2.24, 2.45) is 10.9 Å². The number of Topliss-reactive ketones (excluding diaryl/α,β-unsaturated/α-hetero) is 1. The molecule has 3 nitrogen and oxygen atoms in total. The molecule has 0 N–H and O–H groups in total. The molecule has 0 aromatic rings. The van der Waals surface area contributed by atoms with Gasteiger partial charge in [0.2, 0.25) is 0 Å². The maximum absolute atomic E-state index is 11.1. The largest absolute Gasteiger partial charge is 0.299 e. The van der Waals surface area contributed by atoms with E-state index in [0.717, 1.165) is 0 Å². The molecule has 3 heteroatoms. The lowest BCUT2D eigenvalue weighted by molar-refractivity contribution is -0.120. The van der Waals surface area contributed by atoms with Crippen LogP contribution in [0.3, 0.4) is 0 Å². The highest BCUT2D eigenvalue weighted by Crippen LogP contribution is 2.02. The van der Waals surface area contributed by atoms with E-state index in [2.05, 4.69) is 4.99 Å². The summed E-state index contributed by atoms with van der Waals surface area (Å²) in [4.78, 5) is 14.8. The Morgan fingerprint density at radius 3 is 2.69 bits per heavy atom. The van der Waals surface area contributed by atoms with Crippen molar-refractivity contribution in [1.82, 2.24) is 0 Å². The smallest absolute Gasteiger partial charge is 0.139 e. The number of hydrogen-bond acceptors (Lipinski definition) is 3. The molecule has 0 aromatic heterocycles. The lowest BCUT2D eigenvalue weighted by Gasteiger charge is -2.00. The maximum Gasteiger partial charge on any atom is 0.139 e. The van der Waals surface area contributed by atoms with Crippen LogP contribution in [0.15, 0.2) is 17.1 Å². The van der Waals surface area contributed by atoms with Gasteiger partial charge in [-0.05, 0) is 6.08 Å². The van der Waals surface area contributed by atoms with Crippen LogP contribution < -0.4 is 0 Å². The lowest BCUT2D eigenvalue weighted by Crippen LogP contribution is -2.06. The van der Waals surface area contributed by atoms with Crippen molar-refractivity contribution < 1.29 is 4.79 Å². The molecule has 0 amide bonds. The van der Waals surface area contributed by atoms with Crippen LogP contribution >= 0.6 is 0 Å². The summed E-state index contributed by atoms with van der Waals surface area (Å²) >= 11 is 0. The van der Waals surface area contributed by atoms with Gasteiger partial charge >= 0.3 is 0 Å². The predicted octanol–water partition coefficient (Wildman–Crippen LogP) is 1.75. The molecular formula is C10H14N2O. The summed E-state index contributed by atoms with van der Waals surface area (Å²) in [6.07, 6.45) is 3.81. The van der Waals surface area contributed by atoms with Gasteiger partial charge in [-0.2, -0.15) is 5.26 Å². The summed E-state index contributed by atoms with van der Waals surface area (Å²) in [5, 5.41) is 8.52. The van der Waals surface area contributed by atoms with E-state index >= 15 is 0 Å². The van der Waals surface area contributed by atoms with Crippen molar-refractivity contribution in [2.45, 2.75) is 20.3 Å². The highest BCUT2D eigenvalue weighted by Gasteiger charge is 2.05. The van der Waals surface area contributed by atoms with Gasteiger partial charge in [-0.1, -0.05) is 19.9 Å². The topological polar surface area (TPSA) is 53.2 Å². The van der Waals surface area contributed by atoms with Crippen LogP contribution in [0.4, 0.5) is 0 Å². The number of hydrogen-bond donors (Lipinski definition) is 0. The minimum absolute atomic E-state index is 0.130. The fourth-order valence-corrected chi connectivity index (χ4v) is 0.827. The van der Waals surface area contributed by atoms with Crippen LogP contribution in [0.2, 0.25) is 0 Å². The van der Waals surface area contributed by atoms with Gasteiger partial charge in [0, 0.05) is 19.4 Å². The van der Waals surface area contributed by atoms with Gasteiger partial charge in [-0.15, -0.1) is 0 Å². The second-order valence-electron chi connectivity index (χ2n) is 2.69. The third kappa shape index (κ3) is 4.22. The van der Waals surface area contributed by atoms with Crippen LogP contribution in [-0.2, 0) is 4.79 Å². The van der Waals surface area contributed by atoms with E-state index in [4.69, 9.17) is 5.26 Å². The van der Waals surface area contributed by atoms with Crippen LogP contribution in [0.5, 0.6) is 0 Å². The fraction of sp³-hybridized carbons (Fsp3) is 0.500. The van der Waals surface area contributed by atoms with E-state index in [1.54, 1.807) is 19.2 Å². The number of nitriles is 1. The van der Waals surface area contributed by atoms with E-state index in [0.29, 0.717) is 12.1 Å². The number of ketones is 1. The Hall–Kier alpha value is -1.43. The molecule has 13 heavy (non-hydrogen) atoms. The highest BCUT2D eigenvalue weighted by molar-refractivity contribution is 6.07. The number of nitrogens with zero attached hydrogens (tertiary/aromatic N) is 2. The van der Waals surface area contributed by atoms with Crippen molar-refractivity contribution in [3.63, 3.8) is 0 Å². The highest BCUT2D eigenvalue weighted by atomic mass is 16.1. The minimum atomic E-state index is -0.130. The Kier molecular flexibility index (Phi) is 5.45. The first kappa shape index (κ1) is 11.6. The third-order valence-corrected chi connectivity index (χ3v) is 1.75. The first-order valence-corrected chi connectivity index (χ1v) is 4.23. The van der Waals surface area contributed by atoms with Gasteiger partial charge in [0.05, 0.1) is 0 Å². The summed E-state index contributed by atoms with van der Waals surface area (Å²) in [5.41, 5.74) is 0.343. The molecule has 0 bridgehead atoms. The average molecular weight is 178 g/mol. The van der Waals surface area contributed by atoms with E-state index in [1.807, 2.05) is 19.9 Å². The monoisotopic (exact) mass is 178 g/mol. The van der Waals surface area contributed by atoms with Gasteiger partial charge in [0.15, 0.2) is 0 Å². The molecule has 0 saturated heterocycles. The Balaban J connectivity index is 4.29. The van der Waals surface area contributed by atoms with Crippen molar-refractivity contribution >= 4 is 11.5 Å². The Bertz CT molecular complexity index is 271. The molecule has 0 aliphatic heterocycles. The fourth-order valence-electron chi connectivity index (χ4n) is 0.827. The molecule has 0 heterocycles. The third-order valence-electron chi connectivity index (χ3n) is 1.75. The summed E-state index contributed by atoms with van der Waals surface area (Å²) in [5.74, 6) is 0.0414. The van der Waals surface area contributed by atoms with Gasteiger partial charge < -0.3 is 0 Å². The Labute approximate surface area is 78.8 Å². The first-order chi connectivity index (χ1) is 6.15. The summed E-state index contributed by atoms with van der Waals surface area (Å²) in [7, 11) is 1.55. The molecule has 0 aromatic carbocycles. The standard InChI is InChI=1S/C10H14N2O/c1-4-10(13)8(2)5-6-9(7-11)12-3/h5-6,8H,4H2,1-3H3. The van der Waals surface area contributed by atoms with Crippen LogP contribution in [0.1, 0.15) is 20.3 Å². The molecular weight excluding hydrogens is 164 g/mol. The first-order valence-electron chi connectivity index (χ1n) is 4.23. The number of rotatable bonds is 4. The normalized spacial score (nSPS) is 14.2. The number of carbonyl (C=O) groups excluding carboxylic acids is 1. The number of aliphatic imine (C=N–C) groups is 1. The Morgan fingerprint density at radius 1 is 1.69 bits per heavy atom. The van der Waals surface area contributed by atoms with Crippen molar-refractivity contribution in [3.8, 4) is 6.07 Å². The molecule has 70 valence electrons. The van der Waals surface area contributed by atoms with Gasteiger partial charge in [-0.25, -0.2) is 0 Å². The average Bonchev–Trinajstić information content (AvgIpc) is 2.17. The van der Waals surface area contributed by atoms with Crippen LogP contribution in [-0.4, -0.2) is 18.5 Å². The zero-order valence-electron chi connectivity index (χ0n) is 8.24. The van der Waals surface area contributed by atoms with E-state index in [-0.39, 0.29) is 11.7 Å². The summed E-state index contributed by atoms with van der Waals surface area (Å²) < 4.78 is 0. The molecule has 0 saturated carbocycles. The summed E-state index contributed by atoms with van der Waals surface area (Å²) in [6.45, 7) is 3.64. The second-order valence-corrected chi connectivity index (χ2v) is 2.69. The number of allylic oxidation sites excluding steroid dienone is 2. The minimum Gasteiger partial charge on any atom is -0.299 e. The van der Waals surface area contributed by atoms with E-state index in [1.165, 1.54) is 0 Å². The Morgan fingerprint density at radius 2 is 2.31 bits per heavy atom. The SMILES string of the molecule is CCC(=O)C(C)C=CC(C#N)=NC. The quantitative estimate of drug-likeness (QED) is 0.616. The zero-order valence-corrected chi connectivity index (χ0v) is 8.24. The summed E-state index contributed by atoms with van der Waals surface area (Å²) in [6, 6.07) is 1.92. The lowest BCUT2D eigenvalue weighted by atomic mass is 10.0. The van der Waals surface area contributed by atoms with Gasteiger partial charge in [0.1, 0.15) is 17.6 Å². The number of carbonyl (C=O) groups is 1. The molecule has 0 aliphatic rings. The molecule has 0 spiro atoms. The maximum atomic E-state index is 11.1. The molecule has 1 atom stereocenters. The molecule has 0 radical (unpaired) electrons. The predicted molar refractivity (Wildman–Crippen MR) is 52.6 cm³/mol. The molecule has 0 aliphatic carbocycles. The van der Waals surface area contributed by atoms with E-state index < -0.39 is 0 Å². The molecule has 1 unspecified atom stereocenters. The van der Waals surface area contributed by atoms with E-state index in [9.17, 15) is 4.79 Å².